The van der Waals surface area contributed by atoms with E-state index in [1.807, 2.05) is 96.5 Å². The average molecular weight is 650 g/mol. The van der Waals surface area contributed by atoms with Gasteiger partial charge in [-0.3, -0.25) is 0 Å². The molecule has 2 amide bonds. The van der Waals surface area contributed by atoms with Crippen LogP contribution in [-0.4, -0.2) is 37.8 Å². The van der Waals surface area contributed by atoms with Crippen LogP contribution in [0.3, 0.4) is 0 Å². The SMILES string of the molecule is C[C@H]1[C@@H](CSc2nncn2C)O[C@@H](c2ccc(-c3ccccc3CNC(=O)NCc3ccccc3)cc2)O[C@H]1c1ccc(CO)cc1. The Balaban J connectivity index is 1.16. The van der Waals surface area contributed by atoms with Gasteiger partial charge in [0.15, 0.2) is 11.4 Å². The number of rotatable bonds is 11. The quantitative estimate of drug-likeness (QED) is 0.139. The van der Waals surface area contributed by atoms with Gasteiger partial charge in [-0.25, -0.2) is 4.79 Å². The Morgan fingerprint density at radius 3 is 2.28 bits per heavy atom. The zero-order valence-corrected chi connectivity index (χ0v) is 27.3. The fraction of sp³-hybridized carbons (Fsp3) is 0.270. The van der Waals surface area contributed by atoms with Crippen molar-refractivity contribution in [2.45, 2.75) is 50.3 Å². The number of carbonyl (C=O) groups is 1. The van der Waals surface area contributed by atoms with Gasteiger partial charge >= 0.3 is 6.03 Å². The molecule has 1 aliphatic rings. The minimum Gasteiger partial charge on any atom is -0.392 e. The summed E-state index contributed by atoms with van der Waals surface area (Å²) in [4.78, 5) is 12.5. The molecule has 0 unspecified atom stereocenters. The summed E-state index contributed by atoms with van der Waals surface area (Å²) >= 11 is 1.62. The number of carbonyl (C=O) groups excluding carboxylic acids is 1. The maximum atomic E-state index is 12.5. The number of ether oxygens (including phenoxy) is 2. The van der Waals surface area contributed by atoms with Crippen molar-refractivity contribution >= 4 is 17.8 Å². The Hall–Kier alpha value is -4.48. The molecule has 6 rings (SSSR count). The van der Waals surface area contributed by atoms with Crippen molar-refractivity contribution in [3.05, 3.63) is 137 Å². The maximum Gasteiger partial charge on any atom is 0.315 e. The number of aliphatic hydroxyl groups excluding tert-OH is 1. The van der Waals surface area contributed by atoms with E-state index in [0.717, 1.165) is 44.1 Å². The van der Waals surface area contributed by atoms with Crippen LogP contribution >= 0.6 is 11.8 Å². The standard InChI is InChI=1S/C37H39N5O4S/c1-25-33(23-47-37-41-40-24-42(37)2)45-35(46-34(25)29-14-12-27(22-43)13-15-29)30-18-16-28(17-19-30)32-11-7-6-10-31(32)21-39-36(44)38-20-26-8-4-3-5-9-26/h3-19,24-25,33-35,43H,20-23H2,1-2H3,(H2,38,39,44)/t25-,33+,34+,35+/m0/s1. The van der Waals surface area contributed by atoms with Crippen LogP contribution < -0.4 is 10.6 Å². The van der Waals surface area contributed by atoms with Crippen LogP contribution in [-0.2, 0) is 36.2 Å². The second-order valence-electron chi connectivity index (χ2n) is 11.7. The number of nitrogens with zero attached hydrogens (tertiary/aromatic N) is 3. The van der Waals surface area contributed by atoms with Crippen molar-refractivity contribution in [1.82, 2.24) is 25.4 Å². The summed E-state index contributed by atoms with van der Waals surface area (Å²) in [6, 6.07) is 33.9. The summed E-state index contributed by atoms with van der Waals surface area (Å²) in [6.07, 6.45) is 0.809. The highest BCUT2D eigenvalue weighted by atomic mass is 32.2. The molecule has 1 aliphatic heterocycles. The molecular weight excluding hydrogens is 611 g/mol. The number of nitrogens with one attached hydrogen (secondary N) is 2. The number of hydrogen-bond acceptors (Lipinski definition) is 7. The number of urea groups is 1. The first-order valence-electron chi connectivity index (χ1n) is 15.7. The third kappa shape index (κ3) is 8.09. The molecule has 1 fully saturated rings. The zero-order valence-electron chi connectivity index (χ0n) is 26.5. The molecule has 47 heavy (non-hydrogen) atoms. The Labute approximate surface area is 279 Å². The monoisotopic (exact) mass is 649 g/mol. The first-order chi connectivity index (χ1) is 23.0. The lowest BCUT2D eigenvalue weighted by Crippen LogP contribution is -2.38. The molecule has 0 aliphatic carbocycles. The summed E-state index contributed by atoms with van der Waals surface area (Å²) in [6.45, 7) is 3.01. The highest BCUT2D eigenvalue weighted by Gasteiger charge is 2.38. The lowest BCUT2D eigenvalue weighted by molar-refractivity contribution is -0.268. The molecule has 9 nitrogen and oxygen atoms in total. The van der Waals surface area contributed by atoms with Crippen LogP contribution in [0, 0.1) is 5.92 Å². The molecule has 1 aromatic heterocycles. The van der Waals surface area contributed by atoms with Gasteiger partial charge in [0.05, 0.1) is 18.8 Å². The smallest absolute Gasteiger partial charge is 0.315 e. The van der Waals surface area contributed by atoms with Gasteiger partial charge in [0.1, 0.15) is 6.33 Å². The zero-order chi connectivity index (χ0) is 32.6. The molecule has 3 N–H and O–H groups in total. The number of aromatic nitrogens is 3. The summed E-state index contributed by atoms with van der Waals surface area (Å²) in [5.74, 6) is 0.756. The Bertz CT molecular complexity index is 1750. The number of thioether (sulfide) groups is 1. The fourth-order valence-corrected chi connectivity index (χ4v) is 6.71. The van der Waals surface area contributed by atoms with Crippen molar-refractivity contribution in [2.75, 3.05) is 5.75 Å². The van der Waals surface area contributed by atoms with E-state index in [9.17, 15) is 9.90 Å². The largest absolute Gasteiger partial charge is 0.392 e. The number of aryl methyl sites for hydroxylation is 1. The van der Waals surface area contributed by atoms with Crippen LogP contribution in [0.15, 0.2) is 115 Å². The van der Waals surface area contributed by atoms with Gasteiger partial charge in [-0.1, -0.05) is 122 Å². The molecule has 0 saturated carbocycles. The third-order valence-electron chi connectivity index (χ3n) is 8.42. The summed E-state index contributed by atoms with van der Waals surface area (Å²) in [5, 5.41) is 24.5. The Kier molecular flexibility index (Phi) is 10.6. The molecule has 1 saturated heterocycles. The van der Waals surface area contributed by atoms with E-state index >= 15 is 0 Å². The lowest BCUT2D eigenvalue weighted by Gasteiger charge is -2.41. The topological polar surface area (TPSA) is 111 Å². The van der Waals surface area contributed by atoms with Crippen molar-refractivity contribution < 1.29 is 19.4 Å². The minimum atomic E-state index is -0.571. The average Bonchev–Trinajstić information content (AvgIpc) is 3.54. The van der Waals surface area contributed by atoms with E-state index in [1.165, 1.54) is 0 Å². The van der Waals surface area contributed by atoms with E-state index < -0.39 is 6.29 Å². The van der Waals surface area contributed by atoms with Gasteiger partial charge < -0.3 is 29.8 Å². The summed E-state index contributed by atoms with van der Waals surface area (Å²) < 4.78 is 15.2. The van der Waals surface area contributed by atoms with Crippen molar-refractivity contribution in [3.8, 4) is 11.1 Å². The fourth-order valence-electron chi connectivity index (χ4n) is 5.66. The molecule has 0 spiro atoms. The molecule has 0 radical (unpaired) electrons. The highest BCUT2D eigenvalue weighted by Crippen LogP contribution is 2.43. The summed E-state index contributed by atoms with van der Waals surface area (Å²) in [5.41, 5.74) is 6.96. The van der Waals surface area contributed by atoms with Gasteiger partial charge in [-0.15, -0.1) is 10.2 Å². The van der Waals surface area contributed by atoms with Gasteiger partial charge in [0.25, 0.3) is 0 Å². The lowest BCUT2D eigenvalue weighted by atomic mass is 9.91. The first-order valence-corrected chi connectivity index (χ1v) is 16.7. The van der Waals surface area contributed by atoms with E-state index in [0.29, 0.717) is 18.8 Å². The molecule has 4 atom stereocenters. The number of aliphatic hydroxyl groups is 1. The third-order valence-corrected chi connectivity index (χ3v) is 9.54. The molecule has 5 aromatic rings. The van der Waals surface area contributed by atoms with Crippen LogP contribution in [0.5, 0.6) is 0 Å². The van der Waals surface area contributed by atoms with Crippen molar-refractivity contribution in [1.29, 1.82) is 0 Å². The number of amides is 2. The van der Waals surface area contributed by atoms with Crippen LogP contribution in [0.4, 0.5) is 4.79 Å². The molecule has 242 valence electrons. The highest BCUT2D eigenvalue weighted by molar-refractivity contribution is 7.99. The predicted molar refractivity (Wildman–Crippen MR) is 182 cm³/mol. The second kappa shape index (κ2) is 15.4. The molecular formula is C37H39N5O4S. The molecule has 4 aromatic carbocycles. The van der Waals surface area contributed by atoms with Gasteiger partial charge in [-0.05, 0) is 33.4 Å². The Morgan fingerprint density at radius 1 is 0.851 bits per heavy atom. The van der Waals surface area contributed by atoms with E-state index in [4.69, 9.17) is 9.47 Å². The Morgan fingerprint density at radius 2 is 1.55 bits per heavy atom. The van der Waals surface area contributed by atoms with Crippen molar-refractivity contribution in [3.63, 3.8) is 0 Å². The van der Waals surface area contributed by atoms with E-state index in [-0.39, 0.29) is 30.8 Å². The first kappa shape index (κ1) is 32.5. The normalized spacial score (nSPS) is 19.3. The predicted octanol–water partition coefficient (Wildman–Crippen LogP) is 6.56. The molecule has 0 bridgehead atoms. The van der Waals surface area contributed by atoms with Gasteiger partial charge in [-0.2, -0.15) is 0 Å². The maximum absolute atomic E-state index is 12.5. The van der Waals surface area contributed by atoms with E-state index in [2.05, 4.69) is 46.0 Å². The number of hydrogen-bond donors (Lipinski definition) is 3. The van der Waals surface area contributed by atoms with Crippen LogP contribution in [0.25, 0.3) is 11.1 Å². The van der Waals surface area contributed by atoms with Crippen LogP contribution in [0.1, 0.15) is 47.1 Å². The number of benzene rings is 4. The second-order valence-corrected chi connectivity index (χ2v) is 12.6. The van der Waals surface area contributed by atoms with Gasteiger partial charge in [0.2, 0.25) is 0 Å². The van der Waals surface area contributed by atoms with E-state index in [1.54, 1.807) is 18.1 Å². The van der Waals surface area contributed by atoms with Crippen molar-refractivity contribution in [2.24, 2.45) is 13.0 Å². The summed E-state index contributed by atoms with van der Waals surface area (Å²) in [7, 11) is 1.93. The van der Waals surface area contributed by atoms with Crippen LogP contribution in [0.2, 0.25) is 0 Å². The minimum absolute atomic E-state index is 0.00292. The van der Waals surface area contributed by atoms with Gasteiger partial charge in [0, 0.05) is 37.4 Å². The molecule has 2 heterocycles. The molecule has 10 heteroatoms.